The maximum Gasteiger partial charge on any atom is 0.306 e. The van der Waals surface area contributed by atoms with E-state index in [4.69, 9.17) is 18.5 Å². The van der Waals surface area contributed by atoms with Crippen LogP contribution in [0.4, 0.5) is 0 Å². The van der Waals surface area contributed by atoms with Crippen molar-refractivity contribution in [3.8, 4) is 0 Å². The third-order valence-corrected chi connectivity index (χ3v) is 8.58. The summed E-state index contributed by atoms with van der Waals surface area (Å²) in [6.45, 7) is 4.02. The van der Waals surface area contributed by atoms with E-state index in [1.54, 1.807) is 0 Å². The van der Waals surface area contributed by atoms with Gasteiger partial charge in [-0.25, -0.2) is 0 Å². The average Bonchev–Trinajstić information content (AvgIpc) is 3.04. The highest BCUT2D eigenvalue weighted by Gasteiger charge is 2.21. The minimum atomic E-state index is -4.63. The van der Waals surface area contributed by atoms with Crippen molar-refractivity contribution in [3.05, 3.63) is 48.6 Å². The van der Waals surface area contributed by atoms with Crippen LogP contribution in [0.15, 0.2) is 48.6 Å². The average molecular weight is 712 g/mol. The van der Waals surface area contributed by atoms with E-state index in [-0.39, 0.29) is 26.1 Å². The number of quaternary nitrogens is 1. The fourth-order valence-electron chi connectivity index (χ4n) is 4.64. The van der Waals surface area contributed by atoms with Crippen LogP contribution in [0, 0.1) is 0 Å². The Morgan fingerprint density at radius 1 is 0.653 bits per heavy atom. The first kappa shape index (κ1) is 47.0. The molecule has 0 aromatic heterocycles. The number of hydrogen-bond donors (Lipinski definition) is 0. The number of carbonyl (C=O) groups excluding carboxylic acids is 2. The summed E-state index contributed by atoms with van der Waals surface area (Å²) < 4.78 is 33.6. The number of carbonyl (C=O) groups is 2. The lowest BCUT2D eigenvalue weighted by Crippen LogP contribution is -2.37. The number of hydrogen-bond acceptors (Lipinski definition) is 8. The summed E-state index contributed by atoms with van der Waals surface area (Å²) in [6, 6.07) is 0. The smallest absolute Gasteiger partial charge is 0.306 e. The van der Waals surface area contributed by atoms with E-state index in [2.05, 4.69) is 62.5 Å². The van der Waals surface area contributed by atoms with Crippen molar-refractivity contribution in [1.82, 2.24) is 0 Å². The lowest BCUT2D eigenvalue weighted by atomic mass is 10.1. The van der Waals surface area contributed by atoms with Gasteiger partial charge >= 0.3 is 11.9 Å². The van der Waals surface area contributed by atoms with Crippen LogP contribution in [0.1, 0.15) is 136 Å². The number of ether oxygens (including phenoxy) is 2. The number of allylic oxidation sites excluding steroid dienone is 8. The van der Waals surface area contributed by atoms with E-state index in [9.17, 15) is 19.0 Å². The van der Waals surface area contributed by atoms with Gasteiger partial charge in [0.25, 0.3) is 7.82 Å². The van der Waals surface area contributed by atoms with Gasteiger partial charge in [-0.1, -0.05) is 120 Å². The molecule has 2 unspecified atom stereocenters. The van der Waals surface area contributed by atoms with Gasteiger partial charge in [0.1, 0.15) is 19.8 Å². The van der Waals surface area contributed by atoms with Crippen LogP contribution in [-0.2, 0) is 32.7 Å². The predicted molar refractivity (Wildman–Crippen MR) is 199 cm³/mol. The number of esters is 2. The molecule has 0 rings (SSSR count). The lowest BCUT2D eigenvalue weighted by molar-refractivity contribution is -0.870. The van der Waals surface area contributed by atoms with Crippen molar-refractivity contribution in [1.29, 1.82) is 0 Å². The zero-order valence-electron chi connectivity index (χ0n) is 31.6. The highest BCUT2D eigenvalue weighted by atomic mass is 31.2. The molecule has 0 radical (unpaired) electrons. The second-order valence-corrected chi connectivity index (χ2v) is 15.0. The van der Waals surface area contributed by atoms with Crippen LogP contribution < -0.4 is 4.89 Å². The van der Waals surface area contributed by atoms with Crippen LogP contribution in [0.25, 0.3) is 0 Å². The molecule has 0 aromatic carbocycles. The number of phosphoric ester groups is 1. The van der Waals surface area contributed by atoms with Gasteiger partial charge in [0.15, 0.2) is 6.10 Å². The molecule has 0 saturated heterocycles. The fraction of sp³-hybridized carbons (Fsp3) is 0.744. The normalized spacial score (nSPS) is 14.3. The summed E-state index contributed by atoms with van der Waals surface area (Å²) in [5, 5.41) is 0. The summed E-state index contributed by atoms with van der Waals surface area (Å²) in [6.07, 6.45) is 34.3. The molecule has 0 aromatic rings. The molecule has 0 aliphatic heterocycles. The van der Waals surface area contributed by atoms with Gasteiger partial charge in [-0.15, -0.1) is 0 Å². The Kier molecular flexibility index (Phi) is 30.6. The molecule has 0 aliphatic rings. The summed E-state index contributed by atoms with van der Waals surface area (Å²) in [5.41, 5.74) is 0. The van der Waals surface area contributed by atoms with E-state index in [1.807, 2.05) is 21.1 Å². The summed E-state index contributed by atoms with van der Waals surface area (Å²) in [7, 11) is 1.13. The highest BCUT2D eigenvalue weighted by Crippen LogP contribution is 2.38. The zero-order chi connectivity index (χ0) is 36.5. The van der Waals surface area contributed by atoms with Crippen LogP contribution in [0.2, 0.25) is 0 Å². The SMILES string of the molecule is CC/C=C\C/C=C\C/C=C\C/C=C\CCCCC(=O)OC(COC(=O)CCCCCCCCCCCC)COP(=O)([O-])OCC[N+](C)(C)C. The molecule has 0 fully saturated rings. The second kappa shape index (κ2) is 31.9. The van der Waals surface area contributed by atoms with Crippen molar-refractivity contribution in [2.75, 3.05) is 47.5 Å². The molecule has 49 heavy (non-hydrogen) atoms. The predicted octanol–water partition coefficient (Wildman–Crippen LogP) is 9.33. The minimum Gasteiger partial charge on any atom is -0.756 e. The standard InChI is InChI=1S/C39H70NO8P/c1-6-8-10-12-14-16-18-19-20-21-22-24-26-28-30-32-39(42)48-37(36-47-49(43,44)46-34-33-40(3,4)5)35-45-38(41)31-29-27-25-23-17-15-13-11-9-7-2/h8,10,14,16,19-20,22,24,37H,6-7,9,11-13,15,17-18,21,23,25-36H2,1-5H3/b10-8-,16-14-,20-19-,24-22-. The van der Waals surface area contributed by atoms with Gasteiger partial charge in [-0.2, -0.15) is 0 Å². The first-order valence-electron chi connectivity index (χ1n) is 18.8. The van der Waals surface area contributed by atoms with Gasteiger partial charge in [0, 0.05) is 12.8 Å². The highest BCUT2D eigenvalue weighted by molar-refractivity contribution is 7.45. The van der Waals surface area contributed by atoms with Crippen molar-refractivity contribution < 1.29 is 42.1 Å². The second-order valence-electron chi connectivity index (χ2n) is 13.6. The molecule has 0 N–H and O–H groups in total. The number of unbranched alkanes of at least 4 members (excludes halogenated alkanes) is 11. The molecule has 0 saturated carbocycles. The van der Waals surface area contributed by atoms with Crippen molar-refractivity contribution in [2.24, 2.45) is 0 Å². The number of phosphoric acid groups is 1. The first-order chi connectivity index (χ1) is 23.5. The molecule has 0 heterocycles. The summed E-state index contributed by atoms with van der Waals surface area (Å²) in [4.78, 5) is 37.2. The molecule has 0 spiro atoms. The molecule has 0 aliphatic carbocycles. The quantitative estimate of drug-likeness (QED) is 0.0218. The Labute approximate surface area is 299 Å². The van der Waals surface area contributed by atoms with Gasteiger partial charge in [0.2, 0.25) is 0 Å². The summed E-state index contributed by atoms with van der Waals surface area (Å²) >= 11 is 0. The van der Waals surface area contributed by atoms with Gasteiger partial charge < -0.3 is 27.9 Å². The molecule has 10 heteroatoms. The number of rotatable bonds is 33. The maximum absolute atomic E-state index is 12.6. The number of likely N-dealkylation sites (N-methyl/N-ethyl adjacent to an activating group) is 1. The minimum absolute atomic E-state index is 0.0398. The first-order valence-corrected chi connectivity index (χ1v) is 20.3. The number of nitrogens with zero attached hydrogens (tertiary/aromatic N) is 1. The lowest BCUT2D eigenvalue weighted by Gasteiger charge is -2.28. The van der Waals surface area contributed by atoms with Crippen molar-refractivity contribution >= 4 is 19.8 Å². The maximum atomic E-state index is 12.6. The molecule has 0 amide bonds. The third kappa shape index (κ3) is 35.6. The Balaban J connectivity index is 4.54. The Morgan fingerprint density at radius 2 is 1.16 bits per heavy atom. The van der Waals surface area contributed by atoms with E-state index in [0.29, 0.717) is 17.4 Å². The van der Waals surface area contributed by atoms with Crippen LogP contribution >= 0.6 is 7.82 Å². The van der Waals surface area contributed by atoms with Crippen molar-refractivity contribution in [3.63, 3.8) is 0 Å². The van der Waals surface area contributed by atoms with Gasteiger partial charge in [-0.3, -0.25) is 14.2 Å². The van der Waals surface area contributed by atoms with Crippen LogP contribution in [0.5, 0.6) is 0 Å². The third-order valence-electron chi connectivity index (χ3n) is 7.61. The molecule has 2 atom stereocenters. The molecule has 9 nitrogen and oxygen atoms in total. The van der Waals surface area contributed by atoms with E-state index in [1.165, 1.54) is 44.9 Å². The van der Waals surface area contributed by atoms with Crippen LogP contribution in [-0.4, -0.2) is 70.0 Å². The molecular weight excluding hydrogens is 641 g/mol. The summed E-state index contributed by atoms with van der Waals surface area (Å²) in [5.74, 6) is -0.890. The van der Waals surface area contributed by atoms with Gasteiger partial charge in [-0.05, 0) is 51.4 Å². The Hall–Kier alpha value is -2.03. The van der Waals surface area contributed by atoms with E-state index >= 15 is 0 Å². The molecule has 284 valence electrons. The van der Waals surface area contributed by atoms with E-state index < -0.39 is 32.5 Å². The Morgan fingerprint density at radius 3 is 1.73 bits per heavy atom. The zero-order valence-corrected chi connectivity index (χ0v) is 32.5. The fourth-order valence-corrected chi connectivity index (χ4v) is 5.37. The molecule has 0 bridgehead atoms. The topological polar surface area (TPSA) is 111 Å². The van der Waals surface area contributed by atoms with Crippen LogP contribution in [0.3, 0.4) is 0 Å². The monoisotopic (exact) mass is 711 g/mol. The van der Waals surface area contributed by atoms with E-state index in [0.717, 1.165) is 57.8 Å². The van der Waals surface area contributed by atoms with Gasteiger partial charge in [0.05, 0.1) is 27.7 Å². The molecular formula is C39H70NO8P. The Bertz CT molecular complexity index is 986. The van der Waals surface area contributed by atoms with Crippen molar-refractivity contribution in [2.45, 2.75) is 142 Å². The largest absolute Gasteiger partial charge is 0.756 e.